The maximum atomic E-state index is 9.85. The van der Waals surface area contributed by atoms with Gasteiger partial charge in [-0.25, -0.2) is 0 Å². The number of nitrogens with zero attached hydrogens (tertiary/aromatic N) is 3. The van der Waals surface area contributed by atoms with E-state index in [4.69, 9.17) is 4.52 Å². The molecule has 1 aromatic heterocycles. The maximum Gasteiger partial charge on any atom is 0.243 e. The molecular formula is C13H23N3O2. The van der Waals surface area contributed by atoms with Crippen LogP contribution >= 0.6 is 0 Å². The van der Waals surface area contributed by atoms with Crippen LogP contribution in [0.3, 0.4) is 0 Å². The van der Waals surface area contributed by atoms with E-state index in [1.165, 1.54) is 0 Å². The minimum atomic E-state index is -0.145. The summed E-state index contributed by atoms with van der Waals surface area (Å²) in [6.45, 7) is 4.96. The first-order chi connectivity index (χ1) is 8.61. The van der Waals surface area contributed by atoms with E-state index in [1.54, 1.807) is 0 Å². The highest BCUT2D eigenvalue weighted by Gasteiger charge is 2.28. The van der Waals surface area contributed by atoms with Gasteiger partial charge in [-0.05, 0) is 32.7 Å². The third-order valence-corrected chi connectivity index (χ3v) is 3.96. The Kier molecular flexibility index (Phi) is 4.35. The molecule has 102 valence electrons. The van der Waals surface area contributed by atoms with Gasteiger partial charge in [0.1, 0.15) is 0 Å². The molecule has 1 saturated carbocycles. The van der Waals surface area contributed by atoms with Crippen LogP contribution in [0, 0.1) is 5.92 Å². The standard InChI is InChI=1S/C13H23N3O2/c1-4-12-14-13(18-15-12)9(2)16(3)8-10-6-5-7-11(10)17/h9-11,17H,4-8H2,1-3H3. The molecule has 1 aliphatic carbocycles. The van der Waals surface area contributed by atoms with E-state index in [0.717, 1.165) is 38.1 Å². The second-order valence-electron chi connectivity index (χ2n) is 5.28. The molecule has 2 rings (SSSR count). The molecule has 0 spiro atoms. The molecule has 0 saturated heterocycles. The van der Waals surface area contributed by atoms with Gasteiger partial charge < -0.3 is 9.63 Å². The molecule has 0 bridgehead atoms. The van der Waals surface area contributed by atoms with E-state index >= 15 is 0 Å². The number of hydrogen-bond acceptors (Lipinski definition) is 5. The Morgan fingerprint density at radius 3 is 2.83 bits per heavy atom. The van der Waals surface area contributed by atoms with Crippen LogP contribution in [0.2, 0.25) is 0 Å². The Morgan fingerprint density at radius 2 is 2.28 bits per heavy atom. The molecular weight excluding hydrogens is 230 g/mol. The summed E-state index contributed by atoms with van der Waals surface area (Å²) in [5.74, 6) is 1.80. The minimum Gasteiger partial charge on any atom is -0.393 e. The van der Waals surface area contributed by atoms with Crippen molar-refractivity contribution in [1.82, 2.24) is 15.0 Å². The van der Waals surface area contributed by atoms with Gasteiger partial charge in [-0.3, -0.25) is 4.90 Å². The molecule has 1 fully saturated rings. The number of rotatable bonds is 5. The van der Waals surface area contributed by atoms with E-state index < -0.39 is 0 Å². The summed E-state index contributed by atoms with van der Waals surface area (Å²) < 4.78 is 5.26. The fraction of sp³-hybridized carbons (Fsp3) is 0.846. The molecule has 5 heteroatoms. The summed E-state index contributed by atoms with van der Waals surface area (Å²) in [5, 5.41) is 13.8. The molecule has 1 aromatic rings. The Hall–Kier alpha value is -0.940. The smallest absolute Gasteiger partial charge is 0.243 e. The lowest BCUT2D eigenvalue weighted by Gasteiger charge is -2.26. The molecule has 0 radical (unpaired) electrons. The third kappa shape index (κ3) is 2.90. The van der Waals surface area contributed by atoms with E-state index in [9.17, 15) is 5.11 Å². The number of aromatic nitrogens is 2. The Balaban J connectivity index is 1.93. The number of aryl methyl sites for hydroxylation is 1. The van der Waals surface area contributed by atoms with Crippen molar-refractivity contribution in [2.75, 3.05) is 13.6 Å². The van der Waals surface area contributed by atoms with Crippen molar-refractivity contribution in [2.24, 2.45) is 5.92 Å². The number of hydrogen-bond donors (Lipinski definition) is 1. The topological polar surface area (TPSA) is 62.4 Å². The third-order valence-electron chi connectivity index (χ3n) is 3.96. The first-order valence-electron chi connectivity index (χ1n) is 6.82. The molecule has 5 nitrogen and oxygen atoms in total. The Morgan fingerprint density at radius 1 is 1.50 bits per heavy atom. The largest absolute Gasteiger partial charge is 0.393 e. The SMILES string of the molecule is CCc1noc(C(C)N(C)CC2CCCC2O)n1. The van der Waals surface area contributed by atoms with Gasteiger partial charge in [0.15, 0.2) is 5.82 Å². The molecule has 18 heavy (non-hydrogen) atoms. The molecule has 1 N–H and O–H groups in total. The van der Waals surface area contributed by atoms with Gasteiger partial charge in [0.05, 0.1) is 12.1 Å². The predicted octanol–water partition coefficient (Wildman–Crippen LogP) is 1.79. The van der Waals surface area contributed by atoms with Crippen LogP contribution in [0.1, 0.15) is 50.9 Å². The monoisotopic (exact) mass is 253 g/mol. The van der Waals surface area contributed by atoms with E-state index in [0.29, 0.717) is 11.8 Å². The highest BCUT2D eigenvalue weighted by molar-refractivity contribution is 4.92. The zero-order valence-corrected chi connectivity index (χ0v) is 11.5. The average molecular weight is 253 g/mol. The van der Waals surface area contributed by atoms with Crippen molar-refractivity contribution in [3.05, 3.63) is 11.7 Å². The van der Waals surface area contributed by atoms with Crippen LogP contribution in [-0.4, -0.2) is 39.8 Å². The minimum absolute atomic E-state index is 0.102. The van der Waals surface area contributed by atoms with Crippen LogP contribution in [0.25, 0.3) is 0 Å². The van der Waals surface area contributed by atoms with Crippen molar-refractivity contribution in [1.29, 1.82) is 0 Å². The molecule has 0 amide bonds. The normalized spacial score (nSPS) is 25.8. The van der Waals surface area contributed by atoms with E-state index in [1.807, 2.05) is 14.0 Å². The van der Waals surface area contributed by atoms with Crippen molar-refractivity contribution >= 4 is 0 Å². The summed E-state index contributed by atoms with van der Waals surface area (Å²) in [6.07, 6.45) is 3.83. The first-order valence-corrected chi connectivity index (χ1v) is 6.82. The second-order valence-corrected chi connectivity index (χ2v) is 5.28. The lowest BCUT2D eigenvalue weighted by molar-refractivity contribution is 0.0930. The number of aliphatic hydroxyl groups excluding tert-OH is 1. The van der Waals surface area contributed by atoms with Crippen LogP contribution in [0.4, 0.5) is 0 Å². The molecule has 3 atom stereocenters. The van der Waals surface area contributed by atoms with E-state index in [-0.39, 0.29) is 12.1 Å². The molecule has 1 aliphatic rings. The van der Waals surface area contributed by atoms with Gasteiger partial charge in [0, 0.05) is 13.0 Å². The highest BCUT2D eigenvalue weighted by atomic mass is 16.5. The molecule has 1 heterocycles. The van der Waals surface area contributed by atoms with Gasteiger partial charge in [-0.15, -0.1) is 0 Å². The van der Waals surface area contributed by atoms with Crippen molar-refractivity contribution in [2.45, 2.75) is 51.7 Å². The first kappa shape index (κ1) is 13.5. The lowest BCUT2D eigenvalue weighted by atomic mass is 10.0. The maximum absolute atomic E-state index is 9.85. The zero-order chi connectivity index (χ0) is 13.1. The van der Waals surface area contributed by atoms with Crippen LogP contribution < -0.4 is 0 Å². The number of aliphatic hydroxyl groups is 1. The fourth-order valence-electron chi connectivity index (χ4n) is 2.53. The zero-order valence-electron chi connectivity index (χ0n) is 11.5. The predicted molar refractivity (Wildman–Crippen MR) is 68.1 cm³/mol. The van der Waals surface area contributed by atoms with Gasteiger partial charge in [0.2, 0.25) is 5.89 Å². The highest BCUT2D eigenvalue weighted by Crippen LogP contribution is 2.28. The van der Waals surface area contributed by atoms with Gasteiger partial charge in [-0.1, -0.05) is 18.5 Å². The van der Waals surface area contributed by atoms with Crippen LogP contribution in [0.5, 0.6) is 0 Å². The van der Waals surface area contributed by atoms with Crippen LogP contribution in [0.15, 0.2) is 4.52 Å². The van der Waals surface area contributed by atoms with Crippen LogP contribution in [-0.2, 0) is 6.42 Å². The van der Waals surface area contributed by atoms with Crippen molar-refractivity contribution in [3.8, 4) is 0 Å². The Bertz CT molecular complexity index is 380. The van der Waals surface area contributed by atoms with E-state index in [2.05, 4.69) is 22.0 Å². The average Bonchev–Trinajstić information content (AvgIpc) is 2.98. The van der Waals surface area contributed by atoms with Gasteiger partial charge in [-0.2, -0.15) is 4.98 Å². The summed E-state index contributed by atoms with van der Waals surface area (Å²) in [6, 6.07) is 0.102. The molecule has 0 aliphatic heterocycles. The molecule has 3 unspecified atom stereocenters. The lowest BCUT2D eigenvalue weighted by Crippen LogP contribution is -2.32. The van der Waals surface area contributed by atoms with Crippen molar-refractivity contribution < 1.29 is 9.63 Å². The summed E-state index contributed by atoms with van der Waals surface area (Å²) in [4.78, 5) is 6.55. The summed E-state index contributed by atoms with van der Waals surface area (Å²) >= 11 is 0. The second kappa shape index (κ2) is 5.80. The Labute approximate surface area is 108 Å². The molecule has 0 aromatic carbocycles. The fourth-order valence-corrected chi connectivity index (χ4v) is 2.53. The quantitative estimate of drug-likeness (QED) is 0.866. The summed E-state index contributed by atoms with van der Waals surface area (Å²) in [7, 11) is 2.05. The van der Waals surface area contributed by atoms with Gasteiger partial charge >= 0.3 is 0 Å². The van der Waals surface area contributed by atoms with Crippen molar-refractivity contribution in [3.63, 3.8) is 0 Å². The van der Waals surface area contributed by atoms with Gasteiger partial charge in [0.25, 0.3) is 0 Å². The summed E-state index contributed by atoms with van der Waals surface area (Å²) in [5.41, 5.74) is 0.